The molecule has 0 saturated carbocycles. The summed E-state index contributed by atoms with van der Waals surface area (Å²) in [5.41, 5.74) is 5.76. The van der Waals surface area contributed by atoms with Gasteiger partial charge in [-0.1, -0.05) is 13.0 Å². The van der Waals surface area contributed by atoms with Crippen LogP contribution < -0.4 is 5.73 Å². The molecule has 5 heteroatoms. The van der Waals surface area contributed by atoms with Crippen molar-refractivity contribution in [3.05, 3.63) is 59.6 Å². The molecule has 0 saturated heterocycles. The fourth-order valence-electron chi connectivity index (χ4n) is 2.32. The minimum Gasteiger partial charge on any atom is -0.468 e. The molecule has 1 aromatic carbocycles. The van der Waals surface area contributed by atoms with Crippen molar-refractivity contribution in [1.29, 1.82) is 0 Å². The maximum atomic E-state index is 13.9. The van der Waals surface area contributed by atoms with Crippen LogP contribution in [0.4, 0.5) is 8.78 Å². The lowest BCUT2D eigenvalue weighted by atomic mass is 10.0. The van der Waals surface area contributed by atoms with Crippen molar-refractivity contribution in [3.63, 3.8) is 0 Å². The van der Waals surface area contributed by atoms with E-state index in [9.17, 15) is 8.78 Å². The first-order valence-corrected chi connectivity index (χ1v) is 6.57. The van der Waals surface area contributed by atoms with Gasteiger partial charge in [0, 0.05) is 12.1 Å². The van der Waals surface area contributed by atoms with Crippen LogP contribution >= 0.6 is 0 Å². The van der Waals surface area contributed by atoms with Crippen molar-refractivity contribution in [1.82, 2.24) is 4.90 Å². The zero-order valence-corrected chi connectivity index (χ0v) is 11.4. The highest BCUT2D eigenvalue weighted by molar-refractivity contribution is 5.24. The molecule has 3 nitrogen and oxygen atoms in total. The molecule has 0 aliphatic rings. The van der Waals surface area contributed by atoms with E-state index in [0.29, 0.717) is 13.1 Å². The Morgan fingerprint density at radius 3 is 2.40 bits per heavy atom. The summed E-state index contributed by atoms with van der Waals surface area (Å²) in [5.74, 6) is -0.404. The molecule has 108 valence electrons. The lowest BCUT2D eigenvalue weighted by molar-refractivity contribution is 0.180. The summed E-state index contributed by atoms with van der Waals surface area (Å²) < 4.78 is 33.1. The van der Waals surface area contributed by atoms with E-state index >= 15 is 0 Å². The van der Waals surface area contributed by atoms with Crippen molar-refractivity contribution in [2.75, 3.05) is 13.1 Å². The Hall–Kier alpha value is -1.72. The average Bonchev–Trinajstić information content (AvgIpc) is 2.94. The van der Waals surface area contributed by atoms with E-state index in [1.807, 2.05) is 17.9 Å². The third-order valence-electron chi connectivity index (χ3n) is 3.34. The van der Waals surface area contributed by atoms with E-state index in [2.05, 4.69) is 0 Å². The lowest BCUT2D eigenvalue weighted by Gasteiger charge is -2.29. The summed E-state index contributed by atoms with van der Waals surface area (Å²) in [6.45, 7) is 3.12. The van der Waals surface area contributed by atoms with E-state index < -0.39 is 17.7 Å². The molecule has 1 unspecified atom stereocenters. The second-order valence-corrected chi connectivity index (χ2v) is 4.53. The maximum Gasteiger partial charge on any atom is 0.130 e. The van der Waals surface area contributed by atoms with Gasteiger partial charge in [-0.3, -0.25) is 4.90 Å². The van der Waals surface area contributed by atoms with Crippen molar-refractivity contribution in [2.45, 2.75) is 19.5 Å². The monoisotopic (exact) mass is 280 g/mol. The molecule has 0 amide bonds. The van der Waals surface area contributed by atoms with Gasteiger partial charge in [-0.15, -0.1) is 0 Å². The minimum absolute atomic E-state index is 0.0170. The summed E-state index contributed by atoms with van der Waals surface area (Å²) in [5, 5.41) is 0. The maximum absolute atomic E-state index is 13.9. The van der Waals surface area contributed by atoms with Gasteiger partial charge in [-0.2, -0.15) is 0 Å². The molecule has 0 spiro atoms. The van der Waals surface area contributed by atoms with Gasteiger partial charge >= 0.3 is 0 Å². The summed E-state index contributed by atoms with van der Waals surface area (Å²) in [6, 6.07) is 6.94. The zero-order chi connectivity index (χ0) is 14.5. The van der Waals surface area contributed by atoms with Crippen LogP contribution in [0.3, 0.4) is 0 Å². The number of nitrogens with two attached hydrogens (primary N) is 1. The standard InChI is InChI=1S/C15H18F2N2O/c1-2-19(10-11-5-4-8-20-11)14(9-18)15-12(16)6-3-7-13(15)17/h3-8,14H,2,9-10,18H2,1H3. The van der Waals surface area contributed by atoms with E-state index in [0.717, 1.165) is 5.76 Å². The highest BCUT2D eigenvalue weighted by Gasteiger charge is 2.24. The highest BCUT2D eigenvalue weighted by Crippen LogP contribution is 2.26. The quantitative estimate of drug-likeness (QED) is 0.884. The summed E-state index contributed by atoms with van der Waals surface area (Å²) in [6.07, 6.45) is 1.57. The predicted octanol–water partition coefficient (Wildman–Crippen LogP) is 3.08. The van der Waals surface area contributed by atoms with Crippen LogP contribution in [0, 0.1) is 11.6 Å². The molecule has 20 heavy (non-hydrogen) atoms. The number of hydrogen-bond acceptors (Lipinski definition) is 3. The van der Waals surface area contributed by atoms with Crippen LogP contribution in [-0.2, 0) is 6.54 Å². The van der Waals surface area contributed by atoms with Crippen LogP contribution in [0.15, 0.2) is 41.0 Å². The molecule has 2 N–H and O–H groups in total. The Balaban J connectivity index is 2.29. The number of nitrogens with zero attached hydrogens (tertiary/aromatic N) is 1. The first-order chi connectivity index (χ1) is 9.67. The van der Waals surface area contributed by atoms with Crippen LogP contribution in [0.25, 0.3) is 0 Å². The molecule has 1 heterocycles. The van der Waals surface area contributed by atoms with Crippen LogP contribution in [0.5, 0.6) is 0 Å². The molecular formula is C15H18F2N2O. The van der Waals surface area contributed by atoms with E-state index in [1.165, 1.54) is 18.2 Å². The second kappa shape index (κ2) is 6.63. The first-order valence-electron chi connectivity index (χ1n) is 6.57. The number of hydrogen-bond donors (Lipinski definition) is 1. The third kappa shape index (κ3) is 3.05. The van der Waals surface area contributed by atoms with Gasteiger partial charge in [0.25, 0.3) is 0 Å². The molecule has 1 aromatic heterocycles. The fraction of sp³-hybridized carbons (Fsp3) is 0.333. The van der Waals surface area contributed by atoms with Crippen molar-refractivity contribution >= 4 is 0 Å². The van der Waals surface area contributed by atoms with Crippen LogP contribution in [0.2, 0.25) is 0 Å². The summed E-state index contributed by atoms with van der Waals surface area (Å²) in [7, 11) is 0. The van der Waals surface area contributed by atoms with Gasteiger partial charge < -0.3 is 10.2 Å². The molecule has 0 aliphatic carbocycles. The molecule has 0 aliphatic heterocycles. The fourth-order valence-corrected chi connectivity index (χ4v) is 2.32. The number of halogens is 2. The Morgan fingerprint density at radius 1 is 1.20 bits per heavy atom. The Bertz CT molecular complexity index is 523. The van der Waals surface area contributed by atoms with E-state index in [1.54, 1.807) is 12.3 Å². The Kier molecular flexibility index (Phi) is 4.87. The molecule has 2 rings (SSSR count). The minimum atomic E-state index is -0.571. The topological polar surface area (TPSA) is 42.4 Å². The van der Waals surface area contributed by atoms with E-state index in [4.69, 9.17) is 10.2 Å². The molecule has 1 atom stereocenters. The Labute approximate surface area is 117 Å². The smallest absolute Gasteiger partial charge is 0.130 e. The van der Waals surface area contributed by atoms with Crippen molar-refractivity contribution in [3.8, 4) is 0 Å². The van der Waals surface area contributed by atoms with Gasteiger partial charge in [0.1, 0.15) is 17.4 Å². The number of rotatable bonds is 6. The van der Waals surface area contributed by atoms with Gasteiger partial charge in [-0.25, -0.2) is 8.78 Å². The predicted molar refractivity (Wildman–Crippen MR) is 72.9 cm³/mol. The number of furan rings is 1. The molecule has 0 bridgehead atoms. The summed E-state index contributed by atoms with van der Waals surface area (Å²) in [4.78, 5) is 1.89. The number of likely N-dealkylation sites (N-methyl/N-ethyl adjacent to an activating group) is 1. The van der Waals surface area contributed by atoms with Crippen molar-refractivity contribution < 1.29 is 13.2 Å². The summed E-state index contributed by atoms with van der Waals surface area (Å²) >= 11 is 0. The lowest BCUT2D eigenvalue weighted by Crippen LogP contribution is -2.34. The van der Waals surface area contributed by atoms with Gasteiger partial charge in [0.2, 0.25) is 0 Å². The first kappa shape index (κ1) is 14.7. The van der Waals surface area contributed by atoms with E-state index in [-0.39, 0.29) is 12.1 Å². The normalized spacial score (nSPS) is 12.8. The second-order valence-electron chi connectivity index (χ2n) is 4.53. The molecular weight excluding hydrogens is 262 g/mol. The average molecular weight is 280 g/mol. The van der Waals surface area contributed by atoms with Crippen LogP contribution in [0.1, 0.15) is 24.3 Å². The van der Waals surface area contributed by atoms with Crippen LogP contribution in [-0.4, -0.2) is 18.0 Å². The zero-order valence-electron chi connectivity index (χ0n) is 11.4. The highest BCUT2D eigenvalue weighted by atomic mass is 19.1. The third-order valence-corrected chi connectivity index (χ3v) is 3.34. The van der Waals surface area contributed by atoms with Gasteiger partial charge in [0.15, 0.2) is 0 Å². The van der Waals surface area contributed by atoms with Gasteiger partial charge in [-0.05, 0) is 30.8 Å². The van der Waals surface area contributed by atoms with Crippen molar-refractivity contribution in [2.24, 2.45) is 5.73 Å². The molecule has 0 radical (unpaired) electrons. The number of benzene rings is 1. The SMILES string of the molecule is CCN(Cc1ccco1)C(CN)c1c(F)cccc1F. The Morgan fingerprint density at radius 2 is 1.90 bits per heavy atom. The largest absolute Gasteiger partial charge is 0.468 e. The van der Waals surface area contributed by atoms with Gasteiger partial charge in [0.05, 0.1) is 18.8 Å². The molecule has 2 aromatic rings. The molecule has 0 fully saturated rings.